The molecule has 3 heteroatoms. The van der Waals surface area contributed by atoms with Crippen molar-refractivity contribution in [2.45, 2.75) is 33.6 Å². The van der Waals surface area contributed by atoms with Crippen LogP contribution in [0.5, 0.6) is 5.75 Å². The van der Waals surface area contributed by atoms with Gasteiger partial charge in [0.25, 0.3) is 0 Å². The van der Waals surface area contributed by atoms with Crippen LogP contribution in [-0.4, -0.2) is 12.4 Å². The molecule has 0 radical (unpaired) electrons. The highest BCUT2D eigenvalue weighted by molar-refractivity contribution is 6.31. The Morgan fingerprint density at radius 2 is 2.06 bits per heavy atom. The van der Waals surface area contributed by atoms with Crippen LogP contribution in [0.2, 0.25) is 5.02 Å². The second-order valence-electron chi connectivity index (χ2n) is 3.72. The average Bonchev–Trinajstić information content (AvgIpc) is 2.29. The highest BCUT2D eigenvalue weighted by Gasteiger charge is 2.13. The molecule has 0 amide bonds. The molecule has 0 aliphatic rings. The van der Waals surface area contributed by atoms with Crippen LogP contribution in [0.4, 0.5) is 0 Å². The van der Waals surface area contributed by atoms with Crippen molar-refractivity contribution in [2.24, 2.45) is 0 Å². The maximum atomic E-state index is 11.7. The van der Waals surface area contributed by atoms with Crippen LogP contribution in [0.3, 0.4) is 0 Å². The number of halogens is 1. The van der Waals surface area contributed by atoms with Crippen LogP contribution in [0, 0.1) is 6.92 Å². The number of benzene rings is 1. The highest BCUT2D eigenvalue weighted by atomic mass is 35.5. The van der Waals surface area contributed by atoms with E-state index in [-0.39, 0.29) is 5.78 Å². The number of ketones is 1. The summed E-state index contributed by atoms with van der Waals surface area (Å²) in [7, 11) is 0. The molecule has 0 atom stereocenters. The van der Waals surface area contributed by atoms with E-state index < -0.39 is 0 Å². The van der Waals surface area contributed by atoms with Gasteiger partial charge in [0.2, 0.25) is 0 Å². The molecule has 0 bridgehead atoms. The minimum absolute atomic E-state index is 0.0630. The van der Waals surface area contributed by atoms with Gasteiger partial charge in [-0.2, -0.15) is 0 Å². The molecule has 0 aliphatic heterocycles. The van der Waals surface area contributed by atoms with E-state index in [2.05, 4.69) is 0 Å². The third kappa shape index (κ3) is 2.99. The number of hydrogen-bond acceptors (Lipinski definition) is 2. The molecule has 0 aromatic heterocycles. The molecule has 0 spiro atoms. The zero-order chi connectivity index (χ0) is 12.1. The molecule has 0 heterocycles. The molecule has 0 N–H and O–H groups in total. The molecule has 88 valence electrons. The smallest absolute Gasteiger partial charge is 0.166 e. The summed E-state index contributed by atoms with van der Waals surface area (Å²) in [6.45, 7) is 6.39. The maximum Gasteiger partial charge on any atom is 0.166 e. The van der Waals surface area contributed by atoms with Gasteiger partial charge in [0.1, 0.15) is 5.75 Å². The number of carbonyl (C=O) groups is 1. The van der Waals surface area contributed by atoms with Crippen molar-refractivity contribution in [3.05, 3.63) is 28.3 Å². The Balaban J connectivity index is 3.11. The van der Waals surface area contributed by atoms with Gasteiger partial charge in [-0.3, -0.25) is 4.79 Å². The van der Waals surface area contributed by atoms with E-state index in [9.17, 15) is 4.79 Å². The molecular weight excluding hydrogens is 224 g/mol. The first kappa shape index (κ1) is 13.0. The molecule has 2 nitrogen and oxygen atoms in total. The number of aryl methyl sites for hydroxylation is 1. The Labute approximate surface area is 102 Å². The second-order valence-corrected chi connectivity index (χ2v) is 4.13. The van der Waals surface area contributed by atoms with Crippen molar-refractivity contribution < 1.29 is 9.53 Å². The monoisotopic (exact) mass is 240 g/mol. The van der Waals surface area contributed by atoms with Gasteiger partial charge in [-0.15, -0.1) is 0 Å². The number of carbonyl (C=O) groups excluding carboxylic acids is 1. The summed E-state index contributed by atoms with van der Waals surface area (Å²) in [5, 5.41) is 0.612. The summed E-state index contributed by atoms with van der Waals surface area (Å²) >= 11 is 6.01. The third-order valence-corrected chi connectivity index (χ3v) is 2.75. The predicted octanol–water partition coefficient (Wildman–Crippen LogP) is 4.03. The Morgan fingerprint density at radius 3 is 2.62 bits per heavy atom. The van der Waals surface area contributed by atoms with Crippen molar-refractivity contribution in [1.29, 1.82) is 0 Å². The summed E-state index contributed by atoms with van der Waals surface area (Å²) in [5.41, 5.74) is 1.52. The van der Waals surface area contributed by atoms with Gasteiger partial charge in [-0.1, -0.05) is 25.4 Å². The molecule has 16 heavy (non-hydrogen) atoms. The van der Waals surface area contributed by atoms with Crippen LogP contribution in [0.15, 0.2) is 12.1 Å². The van der Waals surface area contributed by atoms with Crippen molar-refractivity contribution in [3.63, 3.8) is 0 Å². The SMILES string of the molecule is CCCOc1cc(C)c(Cl)cc1C(=O)CC. The predicted molar refractivity (Wildman–Crippen MR) is 66.6 cm³/mol. The fourth-order valence-corrected chi connectivity index (χ4v) is 1.56. The molecule has 0 fully saturated rings. The molecule has 0 unspecified atom stereocenters. The van der Waals surface area contributed by atoms with Crippen molar-refractivity contribution in [1.82, 2.24) is 0 Å². The maximum absolute atomic E-state index is 11.7. The lowest BCUT2D eigenvalue weighted by molar-refractivity contribution is 0.0984. The van der Waals surface area contributed by atoms with E-state index in [1.54, 1.807) is 6.07 Å². The van der Waals surface area contributed by atoms with Gasteiger partial charge in [0, 0.05) is 11.4 Å². The largest absolute Gasteiger partial charge is 0.493 e. The van der Waals surface area contributed by atoms with Crippen LogP contribution in [0.25, 0.3) is 0 Å². The van der Waals surface area contributed by atoms with E-state index in [1.165, 1.54) is 0 Å². The topological polar surface area (TPSA) is 26.3 Å². The highest BCUT2D eigenvalue weighted by Crippen LogP contribution is 2.27. The summed E-state index contributed by atoms with van der Waals surface area (Å²) in [6.07, 6.45) is 1.38. The molecule has 1 rings (SSSR count). The molecule has 1 aromatic carbocycles. The first-order valence-electron chi connectivity index (χ1n) is 5.56. The Kier molecular flexibility index (Phi) is 4.81. The Bertz CT molecular complexity index is 386. The number of Topliss-reactive ketones (excluding diaryl/α,β-unsaturated/α-hetero) is 1. The zero-order valence-electron chi connectivity index (χ0n) is 9.97. The Hall–Kier alpha value is -1.02. The number of ether oxygens (including phenoxy) is 1. The average molecular weight is 241 g/mol. The summed E-state index contributed by atoms with van der Waals surface area (Å²) < 4.78 is 5.57. The van der Waals surface area contributed by atoms with Crippen LogP contribution in [-0.2, 0) is 0 Å². The fourth-order valence-electron chi connectivity index (χ4n) is 1.39. The summed E-state index contributed by atoms with van der Waals surface area (Å²) in [4.78, 5) is 11.7. The molecular formula is C13H17ClO2. The van der Waals surface area contributed by atoms with Crippen LogP contribution >= 0.6 is 11.6 Å². The Morgan fingerprint density at radius 1 is 1.38 bits per heavy atom. The number of hydrogen-bond donors (Lipinski definition) is 0. The normalized spacial score (nSPS) is 10.2. The number of rotatable bonds is 5. The standard InChI is InChI=1S/C13H17ClO2/c1-4-6-16-13-7-9(3)11(14)8-10(13)12(15)5-2/h7-8H,4-6H2,1-3H3. The van der Waals surface area contributed by atoms with E-state index in [0.717, 1.165) is 12.0 Å². The molecule has 0 saturated heterocycles. The quantitative estimate of drug-likeness (QED) is 0.727. The van der Waals surface area contributed by atoms with E-state index in [1.807, 2.05) is 26.8 Å². The molecule has 1 aromatic rings. The lowest BCUT2D eigenvalue weighted by Crippen LogP contribution is -2.04. The lowest BCUT2D eigenvalue weighted by atomic mass is 10.1. The molecule has 0 saturated carbocycles. The van der Waals surface area contributed by atoms with Gasteiger partial charge in [0.05, 0.1) is 12.2 Å². The van der Waals surface area contributed by atoms with Crippen molar-refractivity contribution >= 4 is 17.4 Å². The lowest BCUT2D eigenvalue weighted by Gasteiger charge is -2.11. The minimum atomic E-state index is 0.0630. The molecule has 0 aliphatic carbocycles. The van der Waals surface area contributed by atoms with E-state index in [4.69, 9.17) is 16.3 Å². The fraction of sp³-hybridized carbons (Fsp3) is 0.462. The zero-order valence-corrected chi connectivity index (χ0v) is 10.7. The summed E-state index contributed by atoms with van der Waals surface area (Å²) in [6, 6.07) is 3.54. The van der Waals surface area contributed by atoms with Gasteiger partial charge >= 0.3 is 0 Å². The van der Waals surface area contributed by atoms with Crippen LogP contribution < -0.4 is 4.74 Å². The third-order valence-electron chi connectivity index (χ3n) is 2.34. The van der Waals surface area contributed by atoms with E-state index >= 15 is 0 Å². The first-order valence-corrected chi connectivity index (χ1v) is 5.94. The van der Waals surface area contributed by atoms with Crippen molar-refractivity contribution in [2.75, 3.05) is 6.61 Å². The van der Waals surface area contributed by atoms with Gasteiger partial charge < -0.3 is 4.74 Å². The van der Waals surface area contributed by atoms with Gasteiger partial charge in [-0.05, 0) is 31.0 Å². The first-order chi connectivity index (χ1) is 7.60. The summed E-state index contributed by atoms with van der Waals surface area (Å²) in [5.74, 6) is 0.712. The van der Waals surface area contributed by atoms with E-state index in [0.29, 0.717) is 29.4 Å². The van der Waals surface area contributed by atoms with Crippen molar-refractivity contribution in [3.8, 4) is 5.75 Å². The van der Waals surface area contributed by atoms with Gasteiger partial charge in [-0.25, -0.2) is 0 Å². The minimum Gasteiger partial charge on any atom is -0.493 e. The second kappa shape index (κ2) is 5.90. The van der Waals surface area contributed by atoms with Crippen LogP contribution in [0.1, 0.15) is 42.6 Å². The van der Waals surface area contributed by atoms with Gasteiger partial charge in [0.15, 0.2) is 5.78 Å².